The van der Waals surface area contributed by atoms with Crippen molar-refractivity contribution >= 4 is 11.6 Å². The molecule has 0 spiro atoms. The fourth-order valence-corrected chi connectivity index (χ4v) is 2.94. The number of hydrogen-bond acceptors (Lipinski definition) is 5. The molecule has 122 valence electrons. The highest BCUT2D eigenvalue weighted by Gasteiger charge is 2.34. The molecule has 0 bridgehead atoms. The number of halogens is 1. The normalized spacial score (nSPS) is 16.1. The number of nitrogens with one attached hydrogen (secondary N) is 1. The summed E-state index contributed by atoms with van der Waals surface area (Å²) in [5.74, 6) is 0.567. The highest BCUT2D eigenvalue weighted by molar-refractivity contribution is 6.32. The Hall–Kier alpha value is -2.91. The van der Waals surface area contributed by atoms with Gasteiger partial charge >= 0.3 is 0 Å². The second kappa shape index (κ2) is 6.30. The molecule has 2 heterocycles. The topological polar surface area (TPSA) is 96.9 Å². The van der Waals surface area contributed by atoms with Crippen molar-refractivity contribution < 1.29 is 9.47 Å². The van der Waals surface area contributed by atoms with Gasteiger partial charge < -0.3 is 15.2 Å². The molecule has 1 aliphatic rings. The van der Waals surface area contributed by atoms with Crippen LogP contribution in [0.4, 0.5) is 0 Å². The summed E-state index contributed by atoms with van der Waals surface area (Å²) in [6.07, 6.45) is 1.64. The van der Waals surface area contributed by atoms with Gasteiger partial charge in [-0.05, 0) is 24.6 Å². The number of rotatable bonds is 4. The number of nitrogens with zero attached hydrogens (tertiary/aromatic N) is 2. The van der Waals surface area contributed by atoms with Crippen LogP contribution in [0.2, 0.25) is 5.02 Å². The fraction of sp³-hybridized carbons (Fsp3) is 0.176. The number of allylic oxidation sites excluding steroid dienone is 1. The third-order valence-corrected chi connectivity index (χ3v) is 4.07. The van der Waals surface area contributed by atoms with E-state index >= 15 is 0 Å². The van der Waals surface area contributed by atoms with Crippen molar-refractivity contribution in [3.63, 3.8) is 0 Å². The molecule has 1 aromatic heterocycles. The average molecular weight is 343 g/mol. The first kappa shape index (κ1) is 16.0. The number of benzene rings is 1. The number of nitriles is 1. The van der Waals surface area contributed by atoms with Gasteiger partial charge in [0.25, 0.3) is 0 Å². The zero-order valence-corrected chi connectivity index (χ0v) is 13.7. The molecule has 2 aromatic rings. The number of aromatic amines is 1. The van der Waals surface area contributed by atoms with Gasteiger partial charge in [-0.15, -0.1) is 5.10 Å². The van der Waals surface area contributed by atoms with Gasteiger partial charge in [0.05, 0.1) is 10.9 Å². The van der Waals surface area contributed by atoms with Gasteiger partial charge in [-0.1, -0.05) is 30.3 Å². The average Bonchev–Trinajstić information content (AvgIpc) is 2.93. The number of aromatic nitrogens is 2. The van der Waals surface area contributed by atoms with Crippen molar-refractivity contribution in [2.24, 2.45) is 5.73 Å². The Morgan fingerprint density at radius 2 is 2.38 bits per heavy atom. The third kappa shape index (κ3) is 2.59. The van der Waals surface area contributed by atoms with E-state index in [1.165, 1.54) is 0 Å². The van der Waals surface area contributed by atoms with Gasteiger partial charge in [-0.2, -0.15) is 5.26 Å². The van der Waals surface area contributed by atoms with E-state index in [1.54, 1.807) is 18.2 Å². The first-order chi connectivity index (χ1) is 11.6. The Bertz CT molecular complexity index is 879. The second-order valence-electron chi connectivity index (χ2n) is 5.28. The maximum Gasteiger partial charge on any atom is 0.244 e. The van der Waals surface area contributed by atoms with E-state index in [4.69, 9.17) is 26.8 Å². The van der Waals surface area contributed by atoms with Gasteiger partial charge in [0.1, 0.15) is 24.0 Å². The van der Waals surface area contributed by atoms with Crippen molar-refractivity contribution in [1.29, 1.82) is 5.26 Å². The first-order valence-electron chi connectivity index (χ1n) is 7.22. The summed E-state index contributed by atoms with van der Waals surface area (Å²) < 4.78 is 10.9. The Kier molecular flexibility index (Phi) is 4.19. The molecule has 0 amide bonds. The van der Waals surface area contributed by atoms with Crippen LogP contribution in [0.15, 0.2) is 42.3 Å². The molecular formula is C17H15ClN4O2. The van der Waals surface area contributed by atoms with Gasteiger partial charge in [0, 0.05) is 11.3 Å². The van der Waals surface area contributed by atoms with Crippen molar-refractivity contribution in [2.45, 2.75) is 12.8 Å². The zero-order chi connectivity index (χ0) is 17.3. The lowest BCUT2D eigenvalue weighted by Crippen LogP contribution is -2.21. The summed E-state index contributed by atoms with van der Waals surface area (Å²) in [5, 5.41) is 16.9. The standard InChI is InChI=1S/C17H15ClN4O2/c1-3-6-23-13-5-4-10(7-12(13)18)15-11(8-19)16(20)24-17-14(15)9(2)21-22-17/h3-5,7,15H,1,6,20H2,2H3,(H,21,22)/t15-/m0/s1. The minimum atomic E-state index is -0.400. The molecule has 3 N–H and O–H groups in total. The molecule has 24 heavy (non-hydrogen) atoms. The van der Waals surface area contributed by atoms with E-state index in [-0.39, 0.29) is 5.88 Å². The van der Waals surface area contributed by atoms with Crippen LogP contribution in [0.3, 0.4) is 0 Å². The zero-order valence-electron chi connectivity index (χ0n) is 13.0. The molecule has 1 aromatic carbocycles. The predicted octanol–water partition coefficient (Wildman–Crippen LogP) is 3.15. The largest absolute Gasteiger partial charge is 0.488 e. The molecular weight excluding hydrogens is 328 g/mol. The van der Waals surface area contributed by atoms with Crippen LogP contribution in [-0.4, -0.2) is 16.8 Å². The molecule has 0 radical (unpaired) electrons. The summed E-state index contributed by atoms with van der Waals surface area (Å²) in [5.41, 5.74) is 8.59. The van der Waals surface area contributed by atoms with Crippen LogP contribution < -0.4 is 15.2 Å². The van der Waals surface area contributed by atoms with E-state index in [0.717, 1.165) is 16.8 Å². The van der Waals surface area contributed by atoms with E-state index in [2.05, 4.69) is 22.8 Å². The Morgan fingerprint density at radius 1 is 1.58 bits per heavy atom. The van der Waals surface area contributed by atoms with Crippen molar-refractivity contribution in [3.05, 3.63) is 64.2 Å². The Morgan fingerprint density at radius 3 is 3.04 bits per heavy atom. The molecule has 0 aliphatic carbocycles. The quantitative estimate of drug-likeness (QED) is 0.832. The molecule has 0 saturated carbocycles. The SMILES string of the molecule is C=CCOc1ccc([C@H]2C(C#N)=C(N)Oc3n[nH]c(C)c32)cc1Cl. The summed E-state index contributed by atoms with van der Waals surface area (Å²) in [4.78, 5) is 0. The van der Waals surface area contributed by atoms with E-state index in [0.29, 0.717) is 28.8 Å². The third-order valence-electron chi connectivity index (χ3n) is 3.78. The Balaban J connectivity index is 2.10. The van der Waals surface area contributed by atoms with Gasteiger partial charge in [-0.3, -0.25) is 5.10 Å². The predicted molar refractivity (Wildman–Crippen MR) is 89.8 cm³/mol. The van der Waals surface area contributed by atoms with Crippen LogP contribution in [0.25, 0.3) is 0 Å². The lowest BCUT2D eigenvalue weighted by atomic mass is 9.84. The Labute approximate surface area is 144 Å². The van der Waals surface area contributed by atoms with Crippen molar-refractivity contribution in [3.8, 4) is 17.7 Å². The maximum absolute atomic E-state index is 9.52. The highest BCUT2D eigenvalue weighted by Crippen LogP contribution is 2.43. The molecule has 7 heteroatoms. The number of aryl methyl sites for hydroxylation is 1. The molecule has 3 rings (SSSR count). The minimum absolute atomic E-state index is 0.0459. The molecule has 1 aliphatic heterocycles. The van der Waals surface area contributed by atoms with Crippen LogP contribution in [0, 0.1) is 18.3 Å². The lowest BCUT2D eigenvalue weighted by molar-refractivity contribution is 0.363. The van der Waals surface area contributed by atoms with E-state index in [1.807, 2.05) is 13.0 Å². The number of fused-ring (bicyclic) bond motifs is 1. The second-order valence-corrected chi connectivity index (χ2v) is 5.69. The van der Waals surface area contributed by atoms with Crippen LogP contribution in [0.5, 0.6) is 11.6 Å². The lowest BCUT2D eigenvalue weighted by Gasteiger charge is -2.24. The minimum Gasteiger partial charge on any atom is -0.488 e. The molecule has 1 atom stereocenters. The number of nitrogens with two attached hydrogens (primary N) is 1. The van der Waals surface area contributed by atoms with Crippen LogP contribution in [0.1, 0.15) is 22.7 Å². The summed E-state index contributed by atoms with van der Waals surface area (Å²) in [6, 6.07) is 7.50. The van der Waals surface area contributed by atoms with Crippen molar-refractivity contribution in [2.75, 3.05) is 6.61 Å². The van der Waals surface area contributed by atoms with E-state index < -0.39 is 5.92 Å². The van der Waals surface area contributed by atoms with E-state index in [9.17, 15) is 5.26 Å². The van der Waals surface area contributed by atoms with Gasteiger partial charge in [0.15, 0.2) is 0 Å². The number of hydrogen-bond donors (Lipinski definition) is 2. The monoisotopic (exact) mass is 342 g/mol. The van der Waals surface area contributed by atoms with Crippen LogP contribution in [-0.2, 0) is 0 Å². The first-order valence-corrected chi connectivity index (χ1v) is 7.60. The highest BCUT2D eigenvalue weighted by atomic mass is 35.5. The summed E-state index contributed by atoms with van der Waals surface area (Å²) in [7, 11) is 0. The molecule has 0 fully saturated rings. The maximum atomic E-state index is 9.52. The number of ether oxygens (including phenoxy) is 2. The summed E-state index contributed by atoms with van der Waals surface area (Å²) >= 11 is 6.31. The smallest absolute Gasteiger partial charge is 0.244 e. The molecule has 0 unspecified atom stereocenters. The van der Waals surface area contributed by atoms with Gasteiger partial charge in [-0.25, -0.2) is 0 Å². The molecule has 6 nitrogen and oxygen atoms in total. The fourth-order valence-electron chi connectivity index (χ4n) is 2.69. The number of H-pyrrole nitrogens is 1. The van der Waals surface area contributed by atoms with Crippen molar-refractivity contribution in [1.82, 2.24) is 10.2 Å². The molecule has 0 saturated heterocycles. The van der Waals surface area contributed by atoms with Crippen LogP contribution >= 0.6 is 11.6 Å². The summed E-state index contributed by atoms with van der Waals surface area (Å²) in [6.45, 7) is 5.83. The van der Waals surface area contributed by atoms with Gasteiger partial charge in [0.2, 0.25) is 11.8 Å².